The van der Waals surface area contributed by atoms with E-state index >= 15 is 0 Å². The Balaban J connectivity index is 4.66. The van der Waals surface area contributed by atoms with Gasteiger partial charge in [0.25, 0.3) is 0 Å². The summed E-state index contributed by atoms with van der Waals surface area (Å²) in [7, 11) is -2.58. The Kier molecular flexibility index (Phi) is 21.5. The Morgan fingerprint density at radius 1 is 0.821 bits per heavy atom. The molecule has 1 atom stereocenters. The average molecular weight is 536 g/mol. The van der Waals surface area contributed by atoms with E-state index in [0.29, 0.717) is 25.0 Å². The number of hydrogen-bond acceptors (Lipinski definition) is 5. The van der Waals surface area contributed by atoms with Crippen molar-refractivity contribution in [2.24, 2.45) is 0 Å². The molecule has 0 heterocycles. The van der Waals surface area contributed by atoms with Crippen LogP contribution in [0.3, 0.4) is 0 Å². The van der Waals surface area contributed by atoms with E-state index in [2.05, 4.69) is 123 Å². The zero-order chi connectivity index (χ0) is 28.9. The predicted molar refractivity (Wildman–Crippen MR) is 149 cm³/mol. The molecule has 0 saturated heterocycles. The molecular weight excluding hydrogens is 509 g/mol. The van der Waals surface area contributed by atoms with Crippen LogP contribution in [0.4, 0.5) is 0 Å². The summed E-state index contributed by atoms with van der Waals surface area (Å²) < 4.78 is 27.1. The van der Waals surface area contributed by atoms with E-state index in [1.165, 1.54) is 14.0 Å². The number of carbonyl (C=O) groups is 1. The molecule has 0 aromatic carbocycles. The number of hydrogen-bond donors (Lipinski definition) is 1. The third-order valence-electron chi connectivity index (χ3n) is 3.81. The van der Waals surface area contributed by atoms with Gasteiger partial charge in [0.05, 0.1) is 12.2 Å². The van der Waals surface area contributed by atoms with Crippen molar-refractivity contribution in [2.45, 2.75) is 46.0 Å². The minimum absolute atomic E-state index is 0.0489. The zero-order valence-corrected chi connectivity index (χ0v) is 23.0. The van der Waals surface area contributed by atoms with Gasteiger partial charge in [0.2, 0.25) is 5.91 Å². The van der Waals surface area contributed by atoms with Gasteiger partial charge in [0.1, 0.15) is 6.11 Å². The van der Waals surface area contributed by atoms with Crippen LogP contribution in [0, 0.1) is 71.2 Å². The normalized spacial score (nSPS) is 8.90. The summed E-state index contributed by atoms with van der Waals surface area (Å²) in [4.78, 5) is 10.8. The molecule has 7 heteroatoms. The number of unbranched alkanes of at least 4 members (excludes halogenated alkanes) is 3. The fourth-order valence-corrected chi connectivity index (χ4v) is 2.79. The lowest BCUT2D eigenvalue weighted by Gasteiger charge is -2.12. The molecular formula is C32H26NO5P. The first kappa shape index (κ1) is 34.0. The first-order valence-electron chi connectivity index (χ1n) is 11.6. The van der Waals surface area contributed by atoms with Crippen molar-refractivity contribution in [3.8, 4) is 71.2 Å². The van der Waals surface area contributed by atoms with Gasteiger partial charge in [-0.2, -0.15) is 0 Å². The minimum Gasteiger partial charge on any atom is -0.356 e. The van der Waals surface area contributed by atoms with Crippen LogP contribution in [0.25, 0.3) is 0 Å². The van der Waals surface area contributed by atoms with Gasteiger partial charge in [-0.3, -0.25) is 13.8 Å². The van der Waals surface area contributed by atoms with Crippen LogP contribution in [0.15, 0.2) is 52.3 Å². The van der Waals surface area contributed by atoms with E-state index in [0.717, 1.165) is 19.3 Å². The van der Waals surface area contributed by atoms with Crippen molar-refractivity contribution < 1.29 is 22.9 Å². The molecule has 0 aliphatic carbocycles. The lowest BCUT2D eigenvalue weighted by atomic mass is 10.2. The Bertz CT molecular complexity index is 1570. The molecule has 0 aromatic heterocycles. The van der Waals surface area contributed by atoms with Gasteiger partial charge >= 0.3 is 7.82 Å². The lowest BCUT2D eigenvalue weighted by Crippen LogP contribution is -2.20. The van der Waals surface area contributed by atoms with Crippen LogP contribution in [0.1, 0.15) is 46.0 Å². The maximum atomic E-state index is 12.3. The van der Waals surface area contributed by atoms with Crippen molar-refractivity contribution in [2.75, 3.05) is 20.3 Å². The molecule has 194 valence electrons. The largest absolute Gasteiger partial charge is 0.538 e. The van der Waals surface area contributed by atoms with Crippen LogP contribution < -0.4 is 5.32 Å². The molecule has 0 aliphatic rings. The second kappa shape index (κ2) is 24.7. The zero-order valence-electron chi connectivity index (χ0n) is 22.1. The third-order valence-corrected chi connectivity index (χ3v) is 5.07. The molecule has 1 N–H and O–H groups in total. The van der Waals surface area contributed by atoms with Crippen molar-refractivity contribution >= 4 is 13.7 Å². The topological polar surface area (TPSA) is 73.9 Å². The summed E-state index contributed by atoms with van der Waals surface area (Å²) in [5, 5.41) is 2.72. The Morgan fingerprint density at radius 3 is 2.03 bits per heavy atom. The van der Waals surface area contributed by atoms with Gasteiger partial charge in [0, 0.05) is 50.2 Å². The molecule has 39 heavy (non-hydrogen) atoms. The summed E-state index contributed by atoms with van der Waals surface area (Å²) >= 11 is 0. The van der Waals surface area contributed by atoms with Crippen molar-refractivity contribution in [3.05, 3.63) is 52.3 Å². The van der Waals surface area contributed by atoms with E-state index in [1.54, 1.807) is 0 Å². The van der Waals surface area contributed by atoms with Crippen LogP contribution in [-0.2, 0) is 22.9 Å². The highest BCUT2D eigenvalue weighted by Gasteiger charge is 2.25. The number of phosphoric acid groups is 1. The number of carbonyl (C=O) groups excluding carboxylic acids is 1. The number of allylic oxidation sites excluding steroid dienone is 1. The van der Waals surface area contributed by atoms with E-state index in [1.807, 2.05) is 6.92 Å². The smallest absolute Gasteiger partial charge is 0.356 e. The van der Waals surface area contributed by atoms with E-state index in [9.17, 15) is 9.36 Å². The molecule has 0 spiro atoms. The molecule has 0 saturated carbocycles. The van der Waals surface area contributed by atoms with Gasteiger partial charge in [-0.05, 0) is 95.8 Å². The molecule has 0 rings (SSSR count). The summed E-state index contributed by atoms with van der Waals surface area (Å²) in [6, 6.07) is 0. The molecule has 1 unspecified atom stereocenters. The fourth-order valence-electron chi connectivity index (χ4n) is 2.05. The predicted octanol–water partition coefficient (Wildman–Crippen LogP) is 4.50. The van der Waals surface area contributed by atoms with Gasteiger partial charge in [-0.1, -0.05) is 25.5 Å². The number of rotatable bonds is 11. The Labute approximate surface area is 231 Å². The van der Waals surface area contributed by atoms with Crippen LogP contribution in [-0.4, -0.2) is 26.2 Å². The van der Waals surface area contributed by atoms with Gasteiger partial charge in [0.15, 0.2) is 0 Å². The van der Waals surface area contributed by atoms with Crippen LogP contribution in [0.2, 0.25) is 0 Å². The highest BCUT2D eigenvalue weighted by Crippen LogP contribution is 2.48. The Morgan fingerprint density at radius 2 is 1.41 bits per heavy atom. The van der Waals surface area contributed by atoms with Crippen molar-refractivity contribution in [3.63, 3.8) is 0 Å². The number of phosphoric ester groups is 1. The molecule has 1 amide bonds. The molecule has 0 bridgehead atoms. The summed E-state index contributed by atoms with van der Waals surface area (Å²) in [5.41, 5.74) is 18.7. The SMILES string of the molecule is C=C=C=C=C=C=C=C=C(C#CC#CC#CC#CC#CC#COP(=O)(OC)OCCCCCCNC(C)=O)CC. The van der Waals surface area contributed by atoms with Gasteiger partial charge in [-0.15, -0.1) is 0 Å². The highest BCUT2D eigenvalue weighted by molar-refractivity contribution is 7.48. The lowest BCUT2D eigenvalue weighted by molar-refractivity contribution is -0.118. The number of amides is 1. The van der Waals surface area contributed by atoms with Crippen LogP contribution in [0.5, 0.6) is 0 Å². The first-order valence-corrected chi connectivity index (χ1v) is 13.1. The summed E-state index contributed by atoms with van der Waals surface area (Å²) in [6.07, 6.45) is 6.09. The molecule has 0 aromatic rings. The van der Waals surface area contributed by atoms with Gasteiger partial charge in [-0.25, -0.2) is 4.57 Å². The first-order chi connectivity index (χ1) is 19.0. The maximum absolute atomic E-state index is 12.3. The molecule has 0 aliphatic heterocycles. The maximum Gasteiger partial charge on any atom is 0.538 e. The summed E-state index contributed by atoms with van der Waals surface area (Å²) in [6.45, 7) is 7.56. The minimum atomic E-state index is -3.78. The van der Waals surface area contributed by atoms with E-state index in [-0.39, 0.29) is 12.5 Å². The second-order valence-electron chi connectivity index (χ2n) is 6.69. The molecule has 0 radical (unpaired) electrons. The van der Waals surface area contributed by atoms with Crippen LogP contribution >= 0.6 is 7.82 Å². The Hall–Kier alpha value is -5.02. The standard InChI is InChI=1S/C32H26NO5P/c1-5-7-8-9-16-21-26-32(6-2)27-22-17-14-12-10-11-13-15-19-24-29-37-39(35,36-4)38-30-25-20-18-23-28-33-31(3)34/h1,6,18,20,23,25,28,30H2,2-4H3,(H,33,34). The number of nitrogens with one attached hydrogen (secondary N) is 1. The molecule has 0 fully saturated rings. The second-order valence-corrected chi connectivity index (χ2v) is 8.39. The third kappa shape index (κ3) is 23.1. The fraction of sp³-hybridized carbons (Fsp3) is 0.312. The monoisotopic (exact) mass is 535 g/mol. The van der Waals surface area contributed by atoms with Gasteiger partial charge < -0.3 is 9.84 Å². The van der Waals surface area contributed by atoms with E-state index < -0.39 is 7.82 Å². The van der Waals surface area contributed by atoms with E-state index in [4.69, 9.17) is 13.6 Å². The van der Waals surface area contributed by atoms with Crippen molar-refractivity contribution in [1.29, 1.82) is 0 Å². The summed E-state index contributed by atoms with van der Waals surface area (Å²) in [5.74, 6) is 27.8. The average Bonchev–Trinajstić information content (AvgIpc) is 2.93. The van der Waals surface area contributed by atoms with Crippen molar-refractivity contribution in [1.82, 2.24) is 5.32 Å². The quantitative estimate of drug-likeness (QED) is 0.183. The molecule has 6 nitrogen and oxygen atoms in total. The highest BCUT2D eigenvalue weighted by atomic mass is 31.2.